The molecule has 0 bridgehead atoms. The first-order chi connectivity index (χ1) is 7.67. The Hall–Kier alpha value is -1.02. The highest BCUT2D eigenvalue weighted by Crippen LogP contribution is 2.19. The Bertz CT molecular complexity index is 309. The number of methoxy groups -OCH3 is 1. The van der Waals surface area contributed by atoms with E-state index in [0.717, 1.165) is 13.0 Å². The van der Waals surface area contributed by atoms with E-state index in [4.69, 9.17) is 4.74 Å². The van der Waals surface area contributed by atoms with E-state index >= 15 is 0 Å². The summed E-state index contributed by atoms with van der Waals surface area (Å²) >= 11 is 0. The zero-order valence-electron chi connectivity index (χ0n) is 10.8. The normalized spacial score (nSPS) is 12.8. The molecule has 90 valence electrons. The van der Waals surface area contributed by atoms with Crippen LogP contribution >= 0.6 is 0 Å². The standard InChI is InChI=1S/C14H23NO/c1-5-13(10-16-4)15-14-8-6-7-12(9-14)11(2)3/h6-9,11,13,15H,5,10H2,1-4H3. The van der Waals surface area contributed by atoms with Gasteiger partial charge in [0.15, 0.2) is 0 Å². The van der Waals surface area contributed by atoms with Gasteiger partial charge in [0.1, 0.15) is 0 Å². The summed E-state index contributed by atoms with van der Waals surface area (Å²) in [5, 5.41) is 3.50. The van der Waals surface area contributed by atoms with Crippen molar-refractivity contribution in [3.63, 3.8) is 0 Å². The topological polar surface area (TPSA) is 21.3 Å². The van der Waals surface area contributed by atoms with Crippen LogP contribution in [0, 0.1) is 0 Å². The fourth-order valence-electron chi connectivity index (χ4n) is 1.69. The van der Waals surface area contributed by atoms with Crippen LogP contribution in [0.15, 0.2) is 24.3 Å². The molecular formula is C14H23NO. The molecule has 0 aliphatic carbocycles. The predicted octanol–water partition coefficient (Wildman–Crippen LogP) is 3.65. The van der Waals surface area contributed by atoms with Crippen LogP contribution in [0.25, 0.3) is 0 Å². The van der Waals surface area contributed by atoms with E-state index in [9.17, 15) is 0 Å². The zero-order chi connectivity index (χ0) is 12.0. The third-order valence-electron chi connectivity index (χ3n) is 2.78. The van der Waals surface area contributed by atoms with Crippen molar-refractivity contribution in [1.29, 1.82) is 0 Å². The molecule has 0 aliphatic heterocycles. The molecule has 1 rings (SSSR count). The summed E-state index contributed by atoms with van der Waals surface area (Å²) in [6, 6.07) is 9.02. The van der Waals surface area contributed by atoms with Crippen LogP contribution in [0.2, 0.25) is 0 Å². The minimum Gasteiger partial charge on any atom is -0.383 e. The molecule has 0 spiro atoms. The number of nitrogens with one attached hydrogen (secondary N) is 1. The maximum absolute atomic E-state index is 5.18. The van der Waals surface area contributed by atoms with E-state index < -0.39 is 0 Å². The monoisotopic (exact) mass is 221 g/mol. The Balaban J connectivity index is 2.68. The highest BCUT2D eigenvalue weighted by atomic mass is 16.5. The Morgan fingerprint density at radius 2 is 2.06 bits per heavy atom. The van der Waals surface area contributed by atoms with Crippen LogP contribution in [-0.2, 0) is 4.74 Å². The lowest BCUT2D eigenvalue weighted by Crippen LogP contribution is -2.23. The molecule has 0 amide bonds. The average Bonchev–Trinajstić information content (AvgIpc) is 2.29. The largest absolute Gasteiger partial charge is 0.383 e. The molecule has 0 aliphatic rings. The van der Waals surface area contributed by atoms with Gasteiger partial charge in [-0.1, -0.05) is 32.9 Å². The Kier molecular flexibility index (Phi) is 5.33. The molecule has 2 heteroatoms. The van der Waals surface area contributed by atoms with Gasteiger partial charge < -0.3 is 10.1 Å². The summed E-state index contributed by atoms with van der Waals surface area (Å²) in [4.78, 5) is 0. The maximum atomic E-state index is 5.18. The molecule has 0 saturated heterocycles. The zero-order valence-corrected chi connectivity index (χ0v) is 10.8. The van der Waals surface area contributed by atoms with Gasteiger partial charge in [-0.15, -0.1) is 0 Å². The molecule has 0 heterocycles. The summed E-state index contributed by atoms with van der Waals surface area (Å²) in [5.74, 6) is 0.573. The number of anilines is 1. The van der Waals surface area contributed by atoms with E-state index in [1.54, 1.807) is 7.11 Å². The number of benzene rings is 1. The van der Waals surface area contributed by atoms with E-state index in [0.29, 0.717) is 12.0 Å². The fourth-order valence-corrected chi connectivity index (χ4v) is 1.69. The summed E-state index contributed by atoms with van der Waals surface area (Å²) in [5.41, 5.74) is 2.56. The van der Waals surface area contributed by atoms with Gasteiger partial charge in [0.25, 0.3) is 0 Å². The van der Waals surface area contributed by atoms with E-state index in [1.807, 2.05) is 0 Å². The number of hydrogen-bond acceptors (Lipinski definition) is 2. The first kappa shape index (κ1) is 13.0. The van der Waals surface area contributed by atoms with Gasteiger partial charge >= 0.3 is 0 Å². The van der Waals surface area contributed by atoms with Crippen LogP contribution in [-0.4, -0.2) is 19.8 Å². The SMILES string of the molecule is CCC(COC)Nc1cccc(C(C)C)c1. The predicted molar refractivity (Wildman–Crippen MR) is 70.1 cm³/mol. The van der Waals surface area contributed by atoms with Gasteiger partial charge in [0.2, 0.25) is 0 Å². The fraction of sp³-hybridized carbons (Fsp3) is 0.571. The van der Waals surface area contributed by atoms with E-state index in [2.05, 4.69) is 50.4 Å². The molecule has 1 atom stereocenters. The molecule has 1 aromatic rings. The van der Waals surface area contributed by atoms with Crippen LogP contribution in [0.3, 0.4) is 0 Å². The number of rotatable bonds is 6. The highest BCUT2D eigenvalue weighted by Gasteiger charge is 2.06. The molecule has 0 saturated carbocycles. The maximum Gasteiger partial charge on any atom is 0.0663 e. The van der Waals surface area contributed by atoms with Gasteiger partial charge in [0, 0.05) is 18.8 Å². The smallest absolute Gasteiger partial charge is 0.0663 e. The van der Waals surface area contributed by atoms with Gasteiger partial charge in [-0.3, -0.25) is 0 Å². The summed E-state index contributed by atoms with van der Waals surface area (Å²) < 4.78 is 5.18. The van der Waals surface area contributed by atoms with Gasteiger partial charge in [-0.05, 0) is 30.0 Å². The first-order valence-corrected chi connectivity index (χ1v) is 6.02. The lowest BCUT2D eigenvalue weighted by atomic mass is 10.0. The lowest BCUT2D eigenvalue weighted by molar-refractivity contribution is 0.184. The Labute approximate surface area is 99.0 Å². The van der Waals surface area contributed by atoms with Crippen LogP contribution in [0.5, 0.6) is 0 Å². The molecule has 0 fully saturated rings. The van der Waals surface area contributed by atoms with E-state index in [-0.39, 0.29) is 0 Å². The van der Waals surface area contributed by atoms with Gasteiger partial charge in [0.05, 0.1) is 6.61 Å². The van der Waals surface area contributed by atoms with Crippen molar-refractivity contribution in [2.45, 2.75) is 39.2 Å². The van der Waals surface area contributed by atoms with Crippen molar-refractivity contribution in [1.82, 2.24) is 0 Å². The van der Waals surface area contributed by atoms with Crippen LogP contribution < -0.4 is 5.32 Å². The molecular weight excluding hydrogens is 198 g/mol. The Morgan fingerprint density at radius 3 is 2.62 bits per heavy atom. The summed E-state index contributed by atoms with van der Waals surface area (Å²) in [7, 11) is 1.74. The second-order valence-corrected chi connectivity index (χ2v) is 4.49. The van der Waals surface area contributed by atoms with Crippen molar-refractivity contribution in [3.8, 4) is 0 Å². The second-order valence-electron chi connectivity index (χ2n) is 4.49. The molecule has 2 nitrogen and oxygen atoms in total. The number of ether oxygens (including phenoxy) is 1. The molecule has 1 N–H and O–H groups in total. The Morgan fingerprint density at radius 1 is 1.31 bits per heavy atom. The minimum absolute atomic E-state index is 0.396. The van der Waals surface area contributed by atoms with Crippen molar-refractivity contribution < 1.29 is 4.74 Å². The van der Waals surface area contributed by atoms with Crippen molar-refractivity contribution in [2.24, 2.45) is 0 Å². The molecule has 1 unspecified atom stereocenters. The number of hydrogen-bond donors (Lipinski definition) is 1. The molecule has 0 aromatic heterocycles. The van der Waals surface area contributed by atoms with Crippen molar-refractivity contribution in [2.75, 3.05) is 19.0 Å². The molecule has 1 aromatic carbocycles. The first-order valence-electron chi connectivity index (χ1n) is 6.02. The van der Waals surface area contributed by atoms with Gasteiger partial charge in [-0.2, -0.15) is 0 Å². The molecule has 0 radical (unpaired) electrons. The third kappa shape index (κ3) is 3.86. The van der Waals surface area contributed by atoms with E-state index in [1.165, 1.54) is 11.3 Å². The minimum atomic E-state index is 0.396. The van der Waals surface area contributed by atoms with Crippen molar-refractivity contribution in [3.05, 3.63) is 29.8 Å². The summed E-state index contributed by atoms with van der Waals surface area (Å²) in [6.07, 6.45) is 1.07. The quantitative estimate of drug-likeness (QED) is 0.791. The second kappa shape index (κ2) is 6.54. The van der Waals surface area contributed by atoms with Crippen molar-refractivity contribution >= 4 is 5.69 Å². The lowest BCUT2D eigenvalue weighted by Gasteiger charge is -2.18. The summed E-state index contributed by atoms with van der Waals surface area (Å²) in [6.45, 7) is 7.35. The third-order valence-corrected chi connectivity index (χ3v) is 2.78. The van der Waals surface area contributed by atoms with Crippen LogP contribution in [0.4, 0.5) is 5.69 Å². The average molecular weight is 221 g/mol. The molecule has 16 heavy (non-hydrogen) atoms. The highest BCUT2D eigenvalue weighted by molar-refractivity contribution is 5.47. The van der Waals surface area contributed by atoms with Gasteiger partial charge in [-0.25, -0.2) is 0 Å². The van der Waals surface area contributed by atoms with Crippen LogP contribution in [0.1, 0.15) is 38.7 Å².